The first kappa shape index (κ1) is 18.9. The third-order valence-corrected chi connectivity index (χ3v) is 6.22. The molecule has 0 saturated carbocycles. The largest absolute Gasteiger partial charge is 0.493 e. The molecule has 2 N–H and O–H groups in total. The van der Waals surface area contributed by atoms with Crippen LogP contribution in [0.2, 0.25) is 6.32 Å². The number of nitrogens with zero attached hydrogens (tertiary/aromatic N) is 1. The van der Waals surface area contributed by atoms with E-state index in [0.29, 0.717) is 19.5 Å². The van der Waals surface area contributed by atoms with Crippen molar-refractivity contribution < 1.29 is 24.0 Å². The van der Waals surface area contributed by atoms with Crippen LogP contribution in [0.5, 0.6) is 11.5 Å². The van der Waals surface area contributed by atoms with Crippen molar-refractivity contribution in [3.05, 3.63) is 41.7 Å². The molecule has 29 heavy (non-hydrogen) atoms. The minimum absolute atomic E-state index is 0.163. The van der Waals surface area contributed by atoms with E-state index >= 15 is 0 Å². The van der Waals surface area contributed by atoms with Gasteiger partial charge in [-0.3, -0.25) is 4.98 Å². The lowest BCUT2D eigenvalue weighted by atomic mass is 9.79. The highest BCUT2D eigenvalue weighted by molar-refractivity contribution is 6.43. The monoisotopic (exact) mass is 396 g/mol. The highest BCUT2D eigenvalue weighted by Crippen LogP contribution is 2.49. The molecule has 5 rings (SSSR count). The summed E-state index contributed by atoms with van der Waals surface area (Å²) < 4.78 is 17.5. The number of nitrogens with one attached hydrogen (secondary N) is 1. The maximum absolute atomic E-state index is 9.71. The molecule has 3 aliphatic heterocycles. The van der Waals surface area contributed by atoms with E-state index in [1.165, 1.54) is 0 Å². The SMILES string of the molecule is COc1ccc(-c2cncc(C3COB(O)C3)c2)c2c1OC1(CCNOCC1)C2. The molecule has 0 radical (unpaired) electrons. The summed E-state index contributed by atoms with van der Waals surface area (Å²) in [5.74, 6) is 1.75. The standard InChI is InChI=1S/C21H25BN2O5/c1-26-19-3-2-17(15-8-14(11-23-12-15)16-10-22(25)27-13-16)18-9-21(29-20(18)19)4-6-24-28-7-5-21/h2-3,8,11-12,16,24-25H,4-7,9-10,13H2,1H3. The van der Waals surface area contributed by atoms with Gasteiger partial charge in [-0.05, 0) is 29.6 Å². The number of aromatic nitrogens is 1. The molecule has 0 bridgehead atoms. The maximum Gasteiger partial charge on any atom is 0.454 e. The Morgan fingerprint density at radius 3 is 3.07 bits per heavy atom. The third-order valence-electron chi connectivity index (χ3n) is 6.22. The second-order valence-corrected chi connectivity index (χ2v) is 8.06. The van der Waals surface area contributed by atoms with Gasteiger partial charge in [0, 0.05) is 61.9 Å². The summed E-state index contributed by atoms with van der Waals surface area (Å²) in [5, 5.41) is 9.71. The molecule has 1 aromatic heterocycles. The van der Waals surface area contributed by atoms with Crippen LogP contribution in [-0.4, -0.2) is 49.6 Å². The number of methoxy groups -OCH3 is 1. The minimum Gasteiger partial charge on any atom is -0.493 e. The Morgan fingerprint density at radius 2 is 2.24 bits per heavy atom. The van der Waals surface area contributed by atoms with Crippen LogP contribution in [0.1, 0.15) is 29.9 Å². The molecule has 2 aromatic rings. The summed E-state index contributed by atoms with van der Waals surface area (Å²) in [6, 6.07) is 6.21. The van der Waals surface area contributed by atoms with Gasteiger partial charge in [0.05, 0.1) is 13.7 Å². The van der Waals surface area contributed by atoms with Crippen molar-refractivity contribution in [2.24, 2.45) is 0 Å². The fraction of sp³-hybridized carbons (Fsp3) is 0.476. The van der Waals surface area contributed by atoms with E-state index in [2.05, 4.69) is 22.6 Å². The summed E-state index contributed by atoms with van der Waals surface area (Å²) in [6.45, 7) is 1.89. The van der Waals surface area contributed by atoms with Gasteiger partial charge in [0.25, 0.3) is 0 Å². The first-order valence-electron chi connectivity index (χ1n) is 10.2. The van der Waals surface area contributed by atoms with Gasteiger partial charge in [0.2, 0.25) is 0 Å². The van der Waals surface area contributed by atoms with Gasteiger partial charge in [0.15, 0.2) is 11.5 Å². The van der Waals surface area contributed by atoms with Crippen molar-refractivity contribution in [3.8, 4) is 22.6 Å². The van der Waals surface area contributed by atoms with Crippen LogP contribution in [0.25, 0.3) is 11.1 Å². The van der Waals surface area contributed by atoms with E-state index in [9.17, 15) is 5.02 Å². The molecule has 2 atom stereocenters. The molecule has 152 valence electrons. The Morgan fingerprint density at radius 1 is 1.31 bits per heavy atom. The molecule has 7 nitrogen and oxygen atoms in total. The van der Waals surface area contributed by atoms with Gasteiger partial charge in [-0.1, -0.05) is 6.07 Å². The van der Waals surface area contributed by atoms with Crippen LogP contribution in [-0.2, 0) is 15.9 Å². The molecule has 0 aliphatic carbocycles. The fourth-order valence-corrected chi connectivity index (χ4v) is 4.63. The van der Waals surface area contributed by atoms with Crippen molar-refractivity contribution in [1.82, 2.24) is 10.5 Å². The molecule has 8 heteroatoms. The van der Waals surface area contributed by atoms with Gasteiger partial charge in [-0.2, -0.15) is 0 Å². The molecule has 4 heterocycles. The second-order valence-electron chi connectivity index (χ2n) is 8.06. The fourth-order valence-electron chi connectivity index (χ4n) is 4.63. The predicted octanol–water partition coefficient (Wildman–Crippen LogP) is 2.34. The van der Waals surface area contributed by atoms with Gasteiger partial charge in [-0.15, -0.1) is 0 Å². The van der Waals surface area contributed by atoms with Crippen LogP contribution in [0, 0.1) is 0 Å². The highest BCUT2D eigenvalue weighted by atomic mass is 16.6. The molecule has 1 aromatic carbocycles. The van der Waals surface area contributed by atoms with E-state index in [-0.39, 0.29) is 11.5 Å². The number of hydrogen-bond acceptors (Lipinski definition) is 7. The lowest BCUT2D eigenvalue weighted by molar-refractivity contribution is 0.0346. The third kappa shape index (κ3) is 3.50. The number of ether oxygens (including phenoxy) is 2. The second kappa shape index (κ2) is 7.61. The Labute approximate surface area is 170 Å². The number of hydroxylamine groups is 1. The van der Waals surface area contributed by atoms with Crippen molar-refractivity contribution in [2.75, 3.05) is 26.9 Å². The molecule has 3 aliphatic rings. The van der Waals surface area contributed by atoms with Crippen LogP contribution in [0.3, 0.4) is 0 Å². The number of benzene rings is 1. The average Bonchev–Trinajstić information content (AvgIpc) is 3.26. The summed E-state index contributed by atoms with van der Waals surface area (Å²) in [4.78, 5) is 9.91. The lowest BCUT2D eigenvalue weighted by Crippen LogP contribution is -2.35. The van der Waals surface area contributed by atoms with Crippen molar-refractivity contribution in [1.29, 1.82) is 0 Å². The Bertz CT molecular complexity index is 901. The topological polar surface area (TPSA) is 82.1 Å². The molecule has 1 spiro atoms. The zero-order chi connectivity index (χ0) is 19.8. The smallest absolute Gasteiger partial charge is 0.454 e. The van der Waals surface area contributed by atoms with E-state index < -0.39 is 7.12 Å². The van der Waals surface area contributed by atoms with Crippen LogP contribution in [0.15, 0.2) is 30.6 Å². The molecule has 0 amide bonds. The van der Waals surface area contributed by atoms with E-state index in [1.54, 1.807) is 7.11 Å². The average molecular weight is 396 g/mol. The van der Waals surface area contributed by atoms with Gasteiger partial charge < -0.3 is 24.0 Å². The Hall–Kier alpha value is -2.13. The highest BCUT2D eigenvalue weighted by Gasteiger charge is 2.42. The first-order valence-corrected chi connectivity index (χ1v) is 10.2. The normalized spacial score (nSPS) is 26.3. The number of hydrogen-bond donors (Lipinski definition) is 2. The summed E-state index contributed by atoms with van der Waals surface area (Å²) in [5.41, 5.74) is 7.13. The summed E-state index contributed by atoms with van der Waals surface area (Å²) in [6.07, 6.45) is 6.87. The summed E-state index contributed by atoms with van der Waals surface area (Å²) in [7, 11) is 0.989. The quantitative estimate of drug-likeness (QED) is 0.771. The molecular formula is C21H25BN2O5. The number of rotatable bonds is 3. The zero-order valence-electron chi connectivity index (χ0n) is 16.5. The molecular weight excluding hydrogens is 371 g/mol. The van der Waals surface area contributed by atoms with E-state index in [4.69, 9.17) is 19.0 Å². The van der Waals surface area contributed by atoms with E-state index in [0.717, 1.165) is 59.6 Å². The number of pyridine rings is 1. The van der Waals surface area contributed by atoms with Crippen molar-refractivity contribution in [2.45, 2.75) is 37.1 Å². The Kier molecular flexibility index (Phi) is 4.95. The van der Waals surface area contributed by atoms with Crippen molar-refractivity contribution >= 4 is 7.12 Å². The molecule has 2 saturated heterocycles. The molecule has 2 fully saturated rings. The van der Waals surface area contributed by atoms with E-state index in [1.807, 2.05) is 18.5 Å². The minimum atomic E-state index is -0.687. The lowest BCUT2D eigenvalue weighted by Gasteiger charge is -2.26. The predicted molar refractivity (Wildman–Crippen MR) is 108 cm³/mol. The first-order chi connectivity index (χ1) is 14.2. The summed E-state index contributed by atoms with van der Waals surface area (Å²) >= 11 is 0. The maximum atomic E-state index is 9.71. The Balaban J connectivity index is 1.52. The van der Waals surface area contributed by atoms with Crippen molar-refractivity contribution in [3.63, 3.8) is 0 Å². The van der Waals surface area contributed by atoms with Crippen LogP contribution < -0.4 is 15.0 Å². The van der Waals surface area contributed by atoms with Gasteiger partial charge in [-0.25, -0.2) is 5.48 Å². The van der Waals surface area contributed by atoms with Crippen LogP contribution >= 0.6 is 0 Å². The van der Waals surface area contributed by atoms with Gasteiger partial charge in [0.1, 0.15) is 5.60 Å². The molecule has 2 unspecified atom stereocenters. The number of fused-ring (bicyclic) bond motifs is 1. The van der Waals surface area contributed by atoms with Gasteiger partial charge >= 0.3 is 7.12 Å². The van der Waals surface area contributed by atoms with Crippen LogP contribution in [0.4, 0.5) is 0 Å². The zero-order valence-corrected chi connectivity index (χ0v) is 16.5.